The summed E-state index contributed by atoms with van der Waals surface area (Å²) in [7, 11) is 0. The highest BCUT2D eigenvalue weighted by molar-refractivity contribution is 9.10. The fourth-order valence-corrected chi connectivity index (χ4v) is 2.51. The van der Waals surface area contributed by atoms with Crippen molar-refractivity contribution in [3.63, 3.8) is 0 Å². The smallest absolute Gasteiger partial charge is 0.119 e. The van der Waals surface area contributed by atoms with Gasteiger partial charge in [-0.3, -0.25) is 0 Å². The van der Waals surface area contributed by atoms with Crippen LogP contribution >= 0.6 is 27.5 Å². The second-order valence-corrected chi connectivity index (χ2v) is 5.75. The van der Waals surface area contributed by atoms with Crippen molar-refractivity contribution in [3.05, 3.63) is 55.8 Å². The van der Waals surface area contributed by atoms with E-state index in [1.807, 2.05) is 26.0 Å². The quantitative estimate of drug-likeness (QED) is 0.840. The summed E-state index contributed by atoms with van der Waals surface area (Å²) in [5.74, 6) is 0. The van der Waals surface area contributed by atoms with Crippen LogP contribution in [0, 0.1) is 20.8 Å². The molecule has 1 atom stereocenters. The third-order valence-corrected chi connectivity index (χ3v) is 4.60. The molecule has 1 aromatic heterocycles. The van der Waals surface area contributed by atoms with Gasteiger partial charge in [-0.1, -0.05) is 17.7 Å². The molecule has 1 aromatic carbocycles. The number of benzene rings is 1. The van der Waals surface area contributed by atoms with Crippen LogP contribution < -0.4 is 0 Å². The molecule has 0 saturated carbocycles. The third-order valence-electron chi connectivity index (χ3n) is 3.38. The Labute approximate surface area is 120 Å². The summed E-state index contributed by atoms with van der Waals surface area (Å²) in [4.78, 5) is 3.25. The van der Waals surface area contributed by atoms with Gasteiger partial charge >= 0.3 is 0 Å². The second kappa shape index (κ2) is 5.08. The number of aliphatic hydroxyl groups excluding tert-OH is 1. The van der Waals surface area contributed by atoms with Crippen molar-refractivity contribution in [1.82, 2.24) is 4.98 Å². The van der Waals surface area contributed by atoms with Gasteiger partial charge in [-0.2, -0.15) is 0 Å². The maximum atomic E-state index is 10.4. The Morgan fingerprint density at radius 3 is 2.39 bits per heavy atom. The average Bonchev–Trinajstić information content (AvgIpc) is 2.60. The van der Waals surface area contributed by atoms with Gasteiger partial charge in [0.1, 0.15) is 6.10 Å². The average molecular weight is 329 g/mol. The lowest BCUT2D eigenvalue weighted by Crippen LogP contribution is -2.02. The lowest BCUT2D eigenvalue weighted by molar-refractivity contribution is 0.215. The highest BCUT2D eigenvalue weighted by atomic mass is 79.9. The molecule has 1 heterocycles. The first-order valence-electron chi connectivity index (χ1n) is 5.70. The van der Waals surface area contributed by atoms with Crippen LogP contribution in [0.4, 0.5) is 0 Å². The van der Waals surface area contributed by atoms with Crippen molar-refractivity contribution in [1.29, 1.82) is 0 Å². The van der Waals surface area contributed by atoms with E-state index >= 15 is 0 Å². The molecular formula is C14H15BrClNO. The van der Waals surface area contributed by atoms with E-state index in [0.717, 1.165) is 27.0 Å². The summed E-state index contributed by atoms with van der Waals surface area (Å²) in [5.41, 5.74) is 5.05. The monoisotopic (exact) mass is 327 g/mol. The molecule has 0 bridgehead atoms. The standard InChI is InChI=1S/C14H15BrClNO/c1-7-8(2)13(17-9(7)3)14(18)10-4-5-12(16)11(15)6-10/h4-6,14,17-18H,1-3H3. The molecule has 4 heteroatoms. The van der Waals surface area contributed by atoms with E-state index in [0.29, 0.717) is 5.02 Å². The summed E-state index contributed by atoms with van der Waals surface area (Å²) in [6.07, 6.45) is -0.661. The van der Waals surface area contributed by atoms with Gasteiger partial charge in [0.25, 0.3) is 0 Å². The molecular weight excluding hydrogens is 314 g/mol. The Morgan fingerprint density at radius 1 is 1.22 bits per heavy atom. The molecule has 1 unspecified atom stereocenters. The predicted octanol–water partition coefficient (Wildman–Crippen LogP) is 4.44. The van der Waals surface area contributed by atoms with Gasteiger partial charge in [-0.05, 0) is 65.5 Å². The van der Waals surface area contributed by atoms with Gasteiger partial charge in [0.2, 0.25) is 0 Å². The van der Waals surface area contributed by atoms with Crippen LogP contribution in [0.5, 0.6) is 0 Å². The zero-order valence-electron chi connectivity index (χ0n) is 10.5. The molecule has 0 saturated heterocycles. The second-order valence-electron chi connectivity index (χ2n) is 4.49. The van der Waals surface area contributed by atoms with Gasteiger partial charge in [0.15, 0.2) is 0 Å². The van der Waals surface area contributed by atoms with E-state index in [9.17, 15) is 5.11 Å². The zero-order valence-corrected chi connectivity index (χ0v) is 12.9. The first-order chi connectivity index (χ1) is 8.41. The molecule has 0 spiro atoms. The summed E-state index contributed by atoms with van der Waals surface area (Å²) < 4.78 is 0.790. The molecule has 18 heavy (non-hydrogen) atoms. The zero-order chi connectivity index (χ0) is 13.4. The molecule has 0 aliphatic carbocycles. The number of hydrogen-bond acceptors (Lipinski definition) is 1. The molecule has 2 rings (SSSR count). The van der Waals surface area contributed by atoms with E-state index in [1.165, 1.54) is 5.56 Å². The molecule has 0 radical (unpaired) electrons. The molecule has 2 nitrogen and oxygen atoms in total. The molecule has 0 aliphatic rings. The van der Waals surface area contributed by atoms with Crippen LogP contribution in [0.3, 0.4) is 0 Å². The molecule has 0 aliphatic heterocycles. The Bertz CT molecular complexity index is 592. The van der Waals surface area contributed by atoms with E-state index < -0.39 is 6.10 Å². The highest BCUT2D eigenvalue weighted by Gasteiger charge is 2.18. The van der Waals surface area contributed by atoms with Crippen molar-refractivity contribution in [2.45, 2.75) is 26.9 Å². The van der Waals surface area contributed by atoms with Crippen LogP contribution in [0.15, 0.2) is 22.7 Å². The molecule has 96 valence electrons. The lowest BCUT2D eigenvalue weighted by atomic mass is 10.0. The molecule has 0 fully saturated rings. The number of H-pyrrole nitrogens is 1. The van der Waals surface area contributed by atoms with Crippen molar-refractivity contribution in [2.24, 2.45) is 0 Å². The number of aromatic amines is 1. The van der Waals surface area contributed by atoms with Crippen LogP contribution in [-0.2, 0) is 0 Å². The number of aliphatic hydroxyl groups is 1. The minimum Gasteiger partial charge on any atom is -0.382 e. The fourth-order valence-electron chi connectivity index (χ4n) is 2.00. The summed E-state index contributed by atoms with van der Waals surface area (Å²) in [5, 5.41) is 11.1. The first-order valence-corrected chi connectivity index (χ1v) is 6.87. The number of rotatable bonds is 2. The predicted molar refractivity (Wildman–Crippen MR) is 78.2 cm³/mol. The molecule has 0 amide bonds. The Balaban J connectivity index is 2.44. The number of aromatic nitrogens is 1. The van der Waals surface area contributed by atoms with E-state index in [1.54, 1.807) is 6.07 Å². The van der Waals surface area contributed by atoms with E-state index in [2.05, 4.69) is 27.8 Å². The van der Waals surface area contributed by atoms with E-state index in [4.69, 9.17) is 11.6 Å². The van der Waals surface area contributed by atoms with Crippen LogP contribution in [-0.4, -0.2) is 10.1 Å². The Hall–Kier alpha value is -0.770. The van der Waals surface area contributed by atoms with Crippen LogP contribution in [0.2, 0.25) is 5.02 Å². The van der Waals surface area contributed by atoms with Gasteiger partial charge in [0.05, 0.1) is 10.7 Å². The van der Waals surface area contributed by atoms with E-state index in [-0.39, 0.29) is 0 Å². The summed E-state index contributed by atoms with van der Waals surface area (Å²) in [6.45, 7) is 6.08. The fraction of sp³-hybridized carbons (Fsp3) is 0.286. The lowest BCUT2D eigenvalue weighted by Gasteiger charge is -2.12. The summed E-state index contributed by atoms with van der Waals surface area (Å²) >= 11 is 9.33. The highest BCUT2D eigenvalue weighted by Crippen LogP contribution is 2.31. The van der Waals surface area contributed by atoms with Crippen LogP contribution in [0.25, 0.3) is 0 Å². The SMILES string of the molecule is Cc1[nH]c(C(O)c2ccc(Cl)c(Br)c2)c(C)c1C. The summed E-state index contributed by atoms with van der Waals surface area (Å²) in [6, 6.07) is 5.46. The van der Waals surface area contributed by atoms with Crippen LogP contribution in [0.1, 0.15) is 34.2 Å². The van der Waals surface area contributed by atoms with Gasteiger partial charge in [0, 0.05) is 10.2 Å². The minimum absolute atomic E-state index is 0.640. The number of halogens is 2. The van der Waals surface area contributed by atoms with Gasteiger partial charge in [-0.25, -0.2) is 0 Å². The Kier molecular flexibility index (Phi) is 3.85. The maximum Gasteiger partial charge on any atom is 0.119 e. The Morgan fingerprint density at radius 2 is 1.89 bits per heavy atom. The maximum absolute atomic E-state index is 10.4. The molecule has 2 N–H and O–H groups in total. The first kappa shape index (κ1) is 13.7. The normalized spacial score (nSPS) is 12.8. The third kappa shape index (κ3) is 2.35. The van der Waals surface area contributed by atoms with Crippen molar-refractivity contribution >= 4 is 27.5 Å². The van der Waals surface area contributed by atoms with Crippen molar-refractivity contribution < 1.29 is 5.11 Å². The van der Waals surface area contributed by atoms with Gasteiger partial charge in [-0.15, -0.1) is 0 Å². The topological polar surface area (TPSA) is 36.0 Å². The number of nitrogens with one attached hydrogen (secondary N) is 1. The largest absolute Gasteiger partial charge is 0.382 e. The van der Waals surface area contributed by atoms with Gasteiger partial charge < -0.3 is 10.1 Å². The number of aryl methyl sites for hydroxylation is 1. The number of hydrogen-bond donors (Lipinski definition) is 2. The van der Waals surface area contributed by atoms with Crippen molar-refractivity contribution in [3.8, 4) is 0 Å². The van der Waals surface area contributed by atoms with Crippen molar-refractivity contribution in [2.75, 3.05) is 0 Å². The molecule has 2 aromatic rings. The minimum atomic E-state index is -0.661.